The summed E-state index contributed by atoms with van der Waals surface area (Å²) in [5.74, 6) is -0.142. The van der Waals surface area contributed by atoms with Gasteiger partial charge in [0.25, 0.3) is 5.91 Å². The standard InChI is InChI=1S/C20H25ClN4O3/c1-4-23(3)16(26)10-11-24-12-15-17(19(24)27)18(22-20(28)25(15)5-2)13-6-8-14(21)9-7-13/h6-9,18H,4-5,10-12H2,1-3H3,(H,22,28). The minimum absolute atomic E-state index is 0.00373. The second kappa shape index (κ2) is 8.22. The van der Waals surface area contributed by atoms with Crippen LogP contribution in [0.4, 0.5) is 4.79 Å². The quantitative estimate of drug-likeness (QED) is 0.791. The molecule has 4 amide bonds. The number of hydrogen-bond acceptors (Lipinski definition) is 3. The Hall–Kier alpha value is -2.54. The average Bonchev–Trinajstić information content (AvgIpc) is 3.01. The van der Waals surface area contributed by atoms with Gasteiger partial charge in [-0.15, -0.1) is 0 Å². The van der Waals surface area contributed by atoms with Crippen LogP contribution in [0.15, 0.2) is 35.5 Å². The zero-order valence-electron chi connectivity index (χ0n) is 16.4. The Morgan fingerprint density at radius 1 is 1.25 bits per heavy atom. The molecule has 150 valence electrons. The van der Waals surface area contributed by atoms with Crippen LogP contribution in [-0.4, -0.2) is 65.8 Å². The van der Waals surface area contributed by atoms with E-state index in [-0.39, 0.29) is 24.3 Å². The van der Waals surface area contributed by atoms with Crippen molar-refractivity contribution in [1.29, 1.82) is 0 Å². The third-order valence-corrected chi connectivity index (χ3v) is 5.56. The van der Waals surface area contributed by atoms with E-state index in [1.165, 1.54) is 0 Å². The van der Waals surface area contributed by atoms with Crippen molar-refractivity contribution in [2.24, 2.45) is 0 Å². The maximum Gasteiger partial charge on any atom is 0.322 e. The van der Waals surface area contributed by atoms with Crippen LogP contribution in [0.5, 0.6) is 0 Å². The summed E-state index contributed by atoms with van der Waals surface area (Å²) in [6.07, 6.45) is 0.260. The van der Waals surface area contributed by atoms with E-state index in [2.05, 4.69) is 5.32 Å². The molecule has 1 aromatic carbocycles. The van der Waals surface area contributed by atoms with Crippen molar-refractivity contribution in [3.05, 3.63) is 46.1 Å². The monoisotopic (exact) mass is 404 g/mol. The van der Waals surface area contributed by atoms with Crippen molar-refractivity contribution in [2.75, 3.05) is 33.2 Å². The van der Waals surface area contributed by atoms with Gasteiger partial charge in [-0.3, -0.25) is 14.5 Å². The van der Waals surface area contributed by atoms with Gasteiger partial charge in [-0.25, -0.2) is 4.79 Å². The van der Waals surface area contributed by atoms with E-state index in [1.807, 2.05) is 26.0 Å². The van der Waals surface area contributed by atoms with Gasteiger partial charge in [0.1, 0.15) is 0 Å². The highest BCUT2D eigenvalue weighted by molar-refractivity contribution is 6.30. The molecule has 2 aliphatic heterocycles. The van der Waals surface area contributed by atoms with Crippen molar-refractivity contribution in [1.82, 2.24) is 20.0 Å². The fourth-order valence-electron chi connectivity index (χ4n) is 3.57. The lowest BCUT2D eigenvalue weighted by Crippen LogP contribution is -2.47. The molecule has 0 saturated heterocycles. The van der Waals surface area contributed by atoms with Gasteiger partial charge < -0.3 is 15.1 Å². The van der Waals surface area contributed by atoms with E-state index in [9.17, 15) is 14.4 Å². The Balaban J connectivity index is 1.86. The van der Waals surface area contributed by atoms with Crippen LogP contribution in [0.25, 0.3) is 0 Å². The highest BCUT2D eigenvalue weighted by Gasteiger charge is 2.43. The van der Waals surface area contributed by atoms with Crippen LogP contribution in [-0.2, 0) is 9.59 Å². The number of halogens is 1. The molecule has 7 nitrogen and oxygen atoms in total. The van der Waals surface area contributed by atoms with Gasteiger partial charge in [0.15, 0.2) is 0 Å². The van der Waals surface area contributed by atoms with Crippen LogP contribution >= 0.6 is 11.6 Å². The topological polar surface area (TPSA) is 73.0 Å². The number of benzene rings is 1. The molecule has 2 aliphatic rings. The normalized spacial score (nSPS) is 19.1. The first-order valence-electron chi connectivity index (χ1n) is 9.47. The Kier molecular flexibility index (Phi) is 5.93. The Labute approximate surface area is 169 Å². The maximum absolute atomic E-state index is 13.1. The molecule has 1 aromatic rings. The lowest BCUT2D eigenvalue weighted by molar-refractivity contribution is -0.131. The van der Waals surface area contributed by atoms with Gasteiger partial charge in [0.2, 0.25) is 5.91 Å². The van der Waals surface area contributed by atoms with Crippen LogP contribution in [0.2, 0.25) is 5.02 Å². The molecule has 1 atom stereocenters. The highest BCUT2D eigenvalue weighted by atomic mass is 35.5. The van der Waals surface area contributed by atoms with Gasteiger partial charge in [0, 0.05) is 38.1 Å². The summed E-state index contributed by atoms with van der Waals surface area (Å²) >= 11 is 5.98. The first-order valence-corrected chi connectivity index (χ1v) is 9.84. The summed E-state index contributed by atoms with van der Waals surface area (Å²) in [6, 6.07) is 6.37. The maximum atomic E-state index is 13.1. The van der Waals surface area contributed by atoms with E-state index in [0.29, 0.717) is 42.5 Å². The number of carbonyl (C=O) groups is 3. The molecule has 2 heterocycles. The molecule has 0 radical (unpaired) electrons. The number of nitrogens with zero attached hydrogens (tertiary/aromatic N) is 3. The summed E-state index contributed by atoms with van der Waals surface area (Å²) in [5, 5.41) is 3.52. The molecule has 1 N–H and O–H groups in total. The molecule has 0 saturated carbocycles. The van der Waals surface area contributed by atoms with Crippen molar-refractivity contribution < 1.29 is 14.4 Å². The molecule has 3 rings (SSSR count). The molecule has 0 aliphatic carbocycles. The molecule has 0 spiro atoms. The molecular formula is C20H25ClN4O3. The smallest absolute Gasteiger partial charge is 0.322 e. The molecule has 8 heteroatoms. The summed E-state index contributed by atoms with van der Waals surface area (Å²) in [4.78, 5) is 42.7. The first kappa shape index (κ1) is 20.2. The summed E-state index contributed by atoms with van der Waals surface area (Å²) in [5.41, 5.74) is 2.09. The van der Waals surface area contributed by atoms with Gasteiger partial charge in [-0.05, 0) is 31.5 Å². The van der Waals surface area contributed by atoms with E-state index in [4.69, 9.17) is 11.6 Å². The number of amides is 4. The molecular weight excluding hydrogens is 380 g/mol. The van der Waals surface area contributed by atoms with E-state index in [1.54, 1.807) is 33.9 Å². The number of carbonyl (C=O) groups excluding carboxylic acids is 3. The third-order valence-electron chi connectivity index (χ3n) is 5.31. The van der Waals surface area contributed by atoms with Crippen molar-refractivity contribution in [2.45, 2.75) is 26.3 Å². The van der Waals surface area contributed by atoms with Gasteiger partial charge in [0.05, 0.1) is 23.9 Å². The summed E-state index contributed by atoms with van der Waals surface area (Å²) in [7, 11) is 1.75. The van der Waals surface area contributed by atoms with Gasteiger partial charge >= 0.3 is 6.03 Å². The SMILES string of the molecule is CCN(C)C(=O)CCN1CC2=C(C1=O)C(c1ccc(Cl)cc1)NC(=O)N2CC. The van der Waals surface area contributed by atoms with Crippen molar-refractivity contribution >= 4 is 29.4 Å². The second-order valence-electron chi connectivity index (χ2n) is 6.92. The van der Waals surface area contributed by atoms with Crippen LogP contribution in [0, 0.1) is 0 Å². The van der Waals surface area contributed by atoms with Crippen molar-refractivity contribution in [3.8, 4) is 0 Å². The number of rotatable bonds is 6. The van der Waals surface area contributed by atoms with Gasteiger partial charge in [-0.1, -0.05) is 23.7 Å². The second-order valence-corrected chi connectivity index (χ2v) is 7.36. The lowest BCUT2D eigenvalue weighted by Gasteiger charge is -2.32. The summed E-state index contributed by atoms with van der Waals surface area (Å²) in [6.45, 7) is 5.54. The number of likely N-dealkylation sites (N-methyl/N-ethyl adjacent to an activating group) is 1. The van der Waals surface area contributed by atoms with Crippen LogP contribution in [0.3, 0.4) is 0 Å². The zero-order valence-corrected chi connectivity index (χ0v) is 17.1. The van der Waals surface area contributed by atoms with Crippen LogP contribution < -0.4 is 5.32 Å². The Bertz CT molecular complexity index is 821. The van der Waals surface area contributed by atoms with E-state index in [0.717, 1.165) is 5.56 Å². The number of hydrogen-bond donors (Lipinski definition) is 1. The average molecular weight is 405 g/mol. The number of urea groups is 1. The largest absolute Gasteiger partial charge is 0.346 e. The molecule has 28 heavy (non-hydrogen) atoms. The number of nitrogens with one attached hydrogen (secondary N) is 1. The Morgan fingerprint density at radius 2 is 1.93 bits per heavy atom. The highest BCUT2D eigenvalue weighted by Crippen LogP contribution is 2.36. The van der Waals surface area contributed by atoms with Crippen LogP contribution in [0.1, 0.15) is 31.9 Å². The first-order chi connectivity index (χ1) is 13.4. The summed E-state index contributed by atoms with van der Waals surface area (Å²) < 4.78 is 0. The molecule has 0 bridgehead atoms. The Morgan fingerprint density at radius 3 is 2.54 bits per heavy atom. The molecule has 0 aromatic heterocycles. The van der Waals surface area contributed by atoms with Gasteiger partial charge in [-0.2, -0.15) is 0 Å². The van der Waals surface area contributed by atoms with E-state index < -0.39 is 6.04 Å². The fraction of sp³-hybridized carbons (Fsp3) is 0.450. The minimum Gasteiger partial charge on any atom is -0.346 e. The third kappa shape index (κ3) is 3.71. The molecule has 1 unspecified atom stereocenters. The minimum atomic E-state index is -0.519. The van der Waals surface area contributed by atoms with Crippen molar-refractivity contribution in [3.63, 3.8) is 0 Å². The predicted octanol–water partition coefficient (Wildman–Crippen LogP) is 2.39. The fourth-order valence-corrected chi connectivity index (χ4v) is 3.69. The predicted molar refractivity (Wildman–Crippen MR) is 107 cm³/mol. The lowest BCUT2D eigenvalue weighted by atomic mass is 9.95. The molecule has 0 fully saturated rings. The zero-order chi connectivity index (χ0) is 20.4. The van der Waals surface area contributed by atoms with E-state index >= 15 is 0 Å².